The second-order valence-corrected chi connectivity index (χ2v) is 5.30. The number of amides is 1. The zero-order valence-corrected chi connectivity index (χ0v) is 11.7. The minimum absolute atomic E-state index is 0.126. The van der Waals surface area contributed by atoms with Crippen molar-refractivity contribution in [2.24, 2.45) is 0 Å². The number of aryl methyl sites for hydroxylation is 1. The Hall–Kier alpha value is -1.13. The van der Waals surface area contributed by atoms with Crippen molar-refractivity contribution < 1.29 is 9.90 Å². The highest BCUT2D eigenvalue weighted by Crippen LogP contribution is 2.13. The fourth-order valence-corrected chi connectivity index (χ4v) is 1.71. The van der Waals surface area contributed by atoms with Crippen LogP contribution in [-0.2, 0) is 6.42 Å². The van der Waals surface area contributed by atoms with E-state index in [1.807, 2.05) is 6.92 Å². The number of aromatic nitrogens is 1. The zero-order chi connectivity index (χ0) is 13.8. The molecule has 1 heterocycles. The van der Waals surface area contributed by atoms with Gasteiger partial charge in [0.25, 0.3) is 5.91 Å². The number of aliphatic hydroxyl groups excluding tert-OH is 1. The first kappa shape index (κ1) is 14.9. The van der Waals surface area contributed by atoms with E-state index in [4.69, 9.17) is 16.7 Å². The van der Waals surface area contributed by atoms with Crippen molar-refractivity contribution in [3.63, 3.8) is 0 Å². The van der Waals surface area contributed by atoms with Crippen molar-refractivity contribution in [2.75, 3.05) is 6.61 Å². The monoisotopic (exact) mass is 270 g/mol. The zero-order valence-electron chi connectivity index (χ0n) is 11.0. The van der Waals surface area contributed by atoms with Crippen LogP contribution in [-0.4, -0.2) is 28.1 Å². The van der Waals surface area contributed by atoms with E-state index in [1.165, 1.54) is 6.07 Å². The minimum atomic E-state index is -0.655. The van der Waals surface area contributed by atoms with Gasteiger partial charge in [0.2, 0.25) is 0 Å². The van der Waals surface area contributed by atoms with Crippen LogP contribution in [0.4, 0.5) is 0 Å². The van der Waals surface area contributed by atoms with Crippen LogP contribution in [0.15, 0.2) is 12.1 Å². The first-order chi connectivity index (χ1) is 8.38. The number of nitrogens with zero attached hydrogens (tertiary/aromatic N) is 1. The van der Waals surface area contributed by atoms with Gasteiger partial charge in [-0.3, -0.25) is 4.79 Å². The molecule has 1 aromatic heterocycles. The lowest BCUT2D eigenvalue weighted by molar-refractivity contribution is 0.0869. The van der Waals surface area contributed by atoms with Gasteiger partial charge in [0.15, 0.2) is 0 Å². The SMILES string of the molecule is CCCc1cc(C(=O)NC(C)(C)CO)cc(Cl)n1. The van der Waals surface area contributed by atoms with Gasteiger partial charge in [-0.15, -0.1) is 0 Å². The maximum absolute atomic E-state index is 12.0. The van der Waals surface area contributed by atoms with Gasteiger partial charge < -0.3 is 10.4 Å². The highest BCUT2D eigenvalue weighted by Gasteiger charge is 2.20. The van der Waals surface area contributed by atoms with Gasteiger partial charge in [0.1, 0.15) is 5.15 Å². The molecule has 0 atom stereocenters. The lowest BCUT2D eigenvalue weighted by atomic mass is 10.1. The standard InChI is InChI=1S/C13H19ClN2O2/c1-4-5-10-6-9(7-11(14)15-10)12(18)16-13(2,3)8-17/h6-7,17H,4-5,8H2,1-3H3,(H,16,18). The van der Waals surface area contributed by atoms with Crippen LogP contribution in [0, 0.1) is 0 Å². The Kier molecular flexibility index (Phi) is 5.11. The van der Waals surface area contributed by atoms with E-state index >= 15 is 0 Å². The highest BCUT2D eigenvalue weighted by molar-refractivity contribution is 6.29. The summed E-state index contributed by atoms with van der Waals surface area (Å²) in [5.74, 6) is -0.254. The van der Waals surface area contributed by atoms with E-state index < -0.39 is 5.54 Å². The fourth-order valence-electron chi connectivity index (χ4n) is 1.49. The van der Waals surface area contributed by atoms with E-state index in [0.717, 1.165) is 18.5 Å². The first-order valence-corrected chi connectivity index (χ1v) is 6.35. The Morgan fingerprint density at radius 2 is 2.17 bits per heavy atom. The topological polar surface area (TPSA) is 62.2 Å². The van der Waals surface area contributed by atoms with Gasteiger partial charge in [-0.1, -0.05) is 24.9 Å². The number of aliphatic hydroxyl groups is 1. The third kappa shape index (κ3) is 4.27. The molecule has 0 aliphatic rings. The lowest BCUT2D eigenvalue weighted by Crippen LogP contribution is -2.46. The number of hydrogen-bond acceptors (Lipinski definition) is 3. The summed E-state index contributed by atoms with van der Waals surface area (Å²) in [5.41, 5.74) is 0.620. The number of pyridine rings is 1. The van der Waals surface area contributed by atoms with Crippen LogP contribution >= 0.6 is 11.6 Å². The van der Waals surface area contributed by atoms with Crippen molar-refractivity contribution in [1.29, 1.82) is 0 Å². The molecule has 1 aromatic rings. The van der Waals surface area contributed by atoms with Gasteiger partial charge in [-0.05, 0) is 32.4 Å². The molecule has 0 radical (unpaired) electrons. The van der Waals surface area contributed by atoms with Crippen molar-refractivity contribution in [1.82, 2.24) is 10.3 Å². The van der Waals surface area contributed by atoms with Crippen molar-refractivity contribution in [2.45, 2.75) is 39.2 Å². The van der Waals surface area contributed by atoms with E-state index in [-0.39, 0.29) is 12.5 Å². The number of nitrogens with one attached hydrogen (secondary N) is 1. The van der Waals surface area contributed by atoms with E-state index in [2.05, 4.69) is 10.3 Å². The molecule has 0 spiro atoms. The molecule has 2 N–H and O–H groups in total. The Bertz CT molecular complexity index is 433. The molecule has 0 aliphatic carbocycles. The molecule has 5 heteroatoms. The molecular weight excluding hydrogens is 252 g/mol. The molecule has 0 aromatic carbocycles. The summed E-state index contributed by atoms with van der Waals surface area (Å²) in [4.78, 5) is 16.2. The summed E-state index contributed by atoms with van der Waals surface area (Å²) in [5, 5.41) is 12.2. The number of hydrogen-bond donors (Lipinski definition) is 2. The first-order valence-electron chi connectivity index (χ1n) is 5.98. The molecule has 1 amide bonds. The fraction of sp³-hybridized carbons (Fsp3) is 0.538. The Morgan fingerprint density at radius 3 is 2.72 bits per heavy atom. The Morgan fingerprint density at radius 1 is 1.50 bits per heavy atom. The van der Waals surface area contributed by atoms with Gasteiger partial charge in [0.05, 0.1) is 12.1 Å². The number of carbonyl (C=O) groups excluding carboxylic acids is 1. The van der Waals surface area contributed by atoms with E-state index in [1.54, 1.807) is 19.9 Å². The number of halogens is 1. The predicted molar refractivity (Wildman–Crippen MR) is 71.9 cm³/mol. The lowest BCUT2D eigenvalue weighted by Gasteiger charge is -2.23. The van der Waals surface area contributed by atoms with Crippen LogP contribution < -0.4 is 5.32 Å². The molecular formula is C13H19ClN2O2. The average molecular weight is 271 g/mol. The van der Waals surface area contributed by atoms with Crippen LogP contribution in [0.25, 0.3) is 0 Å². The Balaban J connectivity index is 2.92. The maximum Gasteiger partial charge on any atom is 0.251 e. The normalized spacial score (nSPS) is 11.4. The molecule has 1 rings (SSSR count). The molecule has 0 aliphatic heterocycles. The summed E-state index contributed by atoms with van der Waals surface area (Å²) >= 11 is 5.89. The van der Waals surface area contributed by atoms with Crippen LogP contribution in [0.2, 0.25) is 5.15 Å². The number of carbonyl (C=O) groups is 1. The average Bonchev–Trinajstić information content (AvgIpc) is 2.28. The Labute approximate surface area is 112 Å². The van der Waals surface area contributed by atoms with Gasteiger partial charge in [-0.25, -0.2) is 4.98 Å². The molecule has 0 saturated heterocycles. The smallest absolute Gasteiger partial charge is 0.251 e. The van der Waals surface area contributed by atoms with Crippen molar-refractivity contribution in [3.05, 3.63) is 28.5 Å². The van der Waals surface area contributed by atoms with Crippen LogP contribution in [0.5, 0.6) is 0 Å². The quantitative estimate of drug-likeness (QED) is 0.806. The van der Waals surface area contributed by atoms with Crippen LogP contribution in [0.3, 0.4) is 0 Å². The van der Waals surface area contributed by atoms with E-state index in [0.29, 0.717) is 10.7 Å². The third-order valence-corrected chi connectivity index (χ3v) is 2.66. The summed E-state index contributed by atoms with van der Waals surface area (Å²) in [6, 6.07) is 3.27. The second-order valence-electron chi connectivity index (χ2n) is 4.92. The third-order valence-electron chi connectivity index (χ3n) is 2.46. The predicted octanol–water partition coefficient (Wildman–Crippen LogP) is 2.19. The summed E-state index contributed by atoms with van der Waals surface area (Å²) in [7, 11) is 0. The largest absolute Gasteiger partial charge is 0.394 e. The minimum Gasteiger partial charge on any atom is -0.394 e. The van der Waals surface area contributed by atoms with E-state index in [9.17, 15) is 4.79 Å². The van der Waals surface area contributed by atoms with Crippen molar-refractivity contribution in [3.8, 4) is 0 Å². The molecule has 0 saturated carbocycles. The molecule has 4 nitrogen and oxygen atoms in total. The molecule has 0 fully saturated rings. The van der Waals surface area contributed by atoms with Crippen molar-refractivity contribution >= 4 is 17.5 Å². The highest BCUT2D eigenvalue weighted by atomic mass is 35.5. The summed E-state index contributed by atoms with van der Waals surface area (Å²) in [6.07, 6.45) is 1.72. The second kappa shape index (κ2) is 6.16. The van der Waals surface area contributed by atoms with Gasteiger partial charge in [0, 0.05) is 11.3 Å². The molecule has 0 bridgehead atoms. The van der Waals surface area contributed by atoms with Gasteiger partial charge >= 0.3 is 0 Å². The summed E-state index contributed by atoms with van der Waals surface area (Å²) in [6.45, 7) is 5.41. The maximum atomic E-state index is 12.0. The van der Waals surface area contributed by atoms with Gasteiger partial charge in [-0.2, -0.15) is 0 Å². The molecule has 0 unspecified atom stereocenters. The summed E-state index contributed by atoms with van der Waals surface area (Å²) < 4.78 is 0. The molecule has 18 heavy (non-hydrogen) atoms. The number of rotatable bonds is 5. The molecule has 100 valence electrons. The van der Waals surface area contributed by atoms with Crippen LogP contribution in [0.1, 0.15) is 43.2 Å².